The first-order valence-corrected chi connectivity index (χ1v) is 7.40. The number of H-pyrrole nitrogens is 1. The predicted molar refractivity (Wildman–Crippen MR) is 87.6 cm³/mol. The van der Waals surface area contributed by atoms with Crippen LogP contribution in [0.5, 0.6) is 5.75 Å². The molecule has 0 unspecified atom stereocenters. The van der Waals surface area contributed by atoms with E-state index >= 15 is 0 Å². The normalized spacial score (nSPS) is 12.7. The Balaban J connectivity index is 1.98. The topological polar surface area (TPSA) is 106 Å². The Morgan fingerprint density at radius 1 is 1.35 bits per heavy atom. The maximum absolute atomic E-state index is 12.0. The molecule has 0 radical (unpaired) electrons. The van der Waals surface area contributed by atoms with E-state index in [2.05, 4.69) is 20.5 Å². The number of nitrogens with one attached hydrogen (secondary N) is 2. The third-order valence-electron chi connectivity index (χ3n) is 3.53. The monoisotopic (exact) mass is 317 g/mol. The molecule has 2 aromatic rings. The highest BCUT2D eigenvalue weighted by molar-refractivity contribution is 5.82. The number of nitrogens with zero attached hydrogens (tertiary/aromatic N) is 2. The molecule has 1 aromatic heterocycles. The summed E-state index contributed by atoms with van der Waals surface area (Å²) in [6, 6.07) is 6.86. The highest BCUT2D eigenvalue weighted by atomic mass is 16.5. The first-order valence-electron chi connectivity index (χ1n) is 7.40. The zero-order chi connectivity index (χ0) is 17.0. The molecule has 0 saturated heterocycles. The number of amides is 1. The highest BCUT2D eigenvalue weighted by Crippen LogP contribution is 2.19. The van der Waals surface area contributed by atoms with Gasteiger partial charge in [-0.3, -0.25) is 9.89 Å². The minimum atomic E-state index is -0.577. The third kappa shape index (κ3) is 4.29. The SMILES string of the molecule is COc1ccc(-c2n[nH]c(CNC(=O)[C@@H](N)C(C)(C)C)n2)cc1. The number of hydrogen-bond acceptors (Lipinski definition) is 5. The average molecular weight is 317 g/mol. The van der Waals surface area contributed by atoms with Gasteiger partial charge in [-0.25, -0.2) is 4.98 Å². The molecule has 1 atom stereocenters. The van der Waals surface area contributed by atoms with Gasteiger partial charge in [0.05, 0.1) is 19.7 Å². The lowest BCUT2D eigenvalue weighted by Crippen LogP contribution is -2.48. The van der Waals surface area contributed by atoms with Gasteiger partial charge in [0.15, 0.2) is 5.82 Å². The lowest BCUT2D eigenvalue weighted by molar-refractivity contribution is -0.124. The van der Waals surface area contributed by atoms with Crippen LogP contribution in [0.4, 0.5) is 0 Å². The number of carbonyl (C=O) groups excluding carboxylic acids is 1. The second-order valence-electron chi connectivity index (χ2n) is 6.40. The zero-order valence-electron chi connectivity index (χ0n) is 13.9. The quantitative estimate of drug-likeness (QED) is 0.774. The molecule has 1 aromatic carbocycles. The minimum Gasteiger partial charge on any atom is -0.497 e. The number of rotatable bonds is 5. The molecule has 23 heavy (non-hydrogen) atoms. The molecular weight excluding hydrogens is 294 g/mol. The van der Waals surface area contributed by atoms with Gasteiger partial charge >= 0.3 is 0 Å². The van der Waals surface area contributed by atoms with Gasteiger partial charge in [-0.2, -0.15) is 5.10 Å². The Morgan fingerprint density at radius 3 is 2.57 bits per heavy atom. The number of nitrogens with two attached hydrogens (primary N) is 1. The van der Waals surface area contributed by atoms with Crippen molar-refractivity contribution in [2.24, 2.45) is 11.1 Å². The summed E-state index contributed by atoms with van der Waals surface area (Å²) in [6.07, 6.45) is 0. The van der Waals surface area contributed by atoms with Gasteiger partial charge in [0.2, 0.25) is 5.91 Å². The number of ether oxygens (including phenoxy) is 1. The number of aromatic nitrogens is 3. The molecule has 1 amide bonds. The van der Waals surface area contributed by atoms with E-state index in [-0.39, 0.29) is 17.9 Å². The fourth-order valence-corrected chi connectivity index (χ4v) is 1.92. The van der Waals surface area contributed by atoms with Crippen molar-refractivity contribution >= 4 is 5.91 Å². The first-order chi connectivity index (χ1) is 10.8. The van der Waals surface area contributed by atoms with Crippen molar-refractivity contribution in [2.45, 2.75) is 33.4 Å². The number of aromatic amines is 1. The summed E-state index contributed by atoms with van der Waals surface area (Å²) >= 11 is 0. The van der Waals surface area contributed by atoms with Crippen LogP contribution in [-0.2, 0) is 11.3 Å². The van der Waals surface area contributed by atoms with Crippen LogP contribution < -0.4 is 15.8 Å². The largest absolute Gasteiger partial charge is 0.497 e. The Labute approximate surface area is 135 Å². The molecule has 0 aliphatic rings. The van der Waals surface area contributed by atoms with E-state index in [0.29, 0.717) is 11.6 Å². The smallest absolute Gasteiger partial charge is 0.237 e. The number of methoxy groups -OCH3 is 1. The second kappa shape index (κ2) is 6.78. The Kier molecular flexibility index (Phi) is 5.00. The Hall–Kier alpha value is -2.41. The molecule has 124 valence electrons. The summed E-state index contributed by atoms with van der Waals surface area (Å²) in [6.45, 7) is 6.03. The van der Waals surface area contributed by atoms with Crippen molar-refractivity contribution in [1.29, 1.82) is 0 Å². The van der Waals surface area contributed by atoms with Crippen LogP contribution in [0.2, 0.25) is 0 Å². The highest BCUT2D eigenvalue weighted by Gasteiger charge is 2.27. The van der Waals surface area contributed by atoms with Gasteiger partial charge in [0, 0.05) is 5.56 Å². The molecule has 1 heterocycles. The average Bonchev–Trinajstić information content (AvgIpc) is 3.00. The van der Waals surface area contributed by atoms with Gasteiger partial charge < -0.3 is 15.8 Å². The zero-order valence-corrected chi connectivity index (χ0v) is 13.9. The molecule has 0 bridgehead atoms. The predicted octanol–water partition coefficient (Wildman–Crippen LogP) is 1.47. The van der Waals surface area contributed by atoms with Gasteiger partial charge in [0.25, 0.3) is 0 Å². The molecule has 0 fully saturated rings. The van der Waals surface area contributed by atoms with Gasteiger partial charge in [0.1, 0.15) is 11.6 Å². The summed E-state index contributed by atoms with van der Waals surface area (Å²) < 4.78 is 5.12. The summed E-state index contributed by atoms with van der Waals surface area (Å²) in [5.74, 6) is 1.70. The van der Waals surface area contributed by atoms with E-state index in [0.717, 1.165) is 11.3 Å². The standard InChI is InChI=1S/C16H23N5O2/c1-16(2,3)13(17)15(22)18-9-12-19-14(21-20-12)10-5-7-11(23-4)8-6-10/h5-8,13H,9,17H2,1-4H3,(H,18,22)(H,19,20,21)/t13-/m1/s1. The minimum absolute atomic E-state index is 0.208. The van der Waals surface area contributed by atoms with Crippen molar-refractivity contribution < 1.29 is 9.53 Å². The van der Waals surface area contributed by atoms with Gasteiger partial charge in [-0.1, -0.05) is 20.8 Å². The van der Waals surface area contributed by atoms with Crippen LogP contribution in [-0.4, -0.2) is 34.2 Å². The Bertz CT molecular complexity index is 658. The van der Waals surface area contributed by atoms with Crippen LogP contribution in [0.25, 0.3) is 11.4 Å². The van der Waals surface area contributed by atoms with E-state index < -0.39 is 6.04 Å². The van der Waals surface area contributed by atoms with Crippen molar-refractivity contribution in [3.8, 4) is 17.1 Å². The van der Waals surface area contributed by atoms with Crippen molar-refractivity contribution in [2.75, 3.05) is 7.11 Å². The third-order valence-corrected chi connectivity index (χ3v) is 3.53. The molecule has 0 saturated carbocycles. The number of carbonyl (C=O) groups is 1. The molecule has 7 nitrogen and oxygen atoms in total. The van der Waals surface area contributed by atoms with Crippen molar-refractivity contribution in [3.63, 3.8) is 0 Å². The molecule has 4 N–H and O–H groups in total. The van der Waals surface area contributed by atoms with Gasteiger partial charge in [-0.05, 0) is 29.7 Å². The summed E-state index contributed by atoms with van der Waals surface area (Å²) in [5, 5.41) is 9.74. The number of benzene rings is 1. The van der Waals surface area contributed by atoms with Crippen LogP contribution in [0, 0.1) is 5.41 Å². The maximum atomic E-state index is 12.0. The van der Waals surface area contributed by atoms with Crippen LogP contribution in [0.1, 0.15) is 26.6 Å². The van der Waals surface area contributed by atoms with E-state index in [4.69, 9.17) is 10.5 Å². The van der Waals surface area contributed by atoms with Gasteiger partial charge in [-0.15, -0.1) is 0 Å². The second-order valence-corrected chi connectivity index (χ2v) is 6.40. The van der Waals surface area contributed by atoms with E-state index in [1.165, 1.54) is 0 Å². The molecule has 0 aliphatic heterocycles. The van der Waals surface area contributed by atoms with Crippen LogP contribution in [0.15, 0.2) is 24.3 Å². The van der Waals surface area contributed by atoms with E-state index in [1.54, 1.807) is 7.11 Å². The Morgan fingerprint density at radius 2 is 2.00 bits per heavy atom. The van der Waals surface area contributed by atoms with Crippen LogP contribution in [0.3, 0.4) is 0 Å². The molecule has 0 spiro atoms. The summed E-state index contributed by atoms with van der Waals surface area (Å²) in [5.41, 5.74) is 6.49. The lowest BCUT2D eigenvalue weighted by Gasteiger charge is -2.25. The molecule has 7 heteroatoms. The van der Waals surface area contributed by atoms with Crippen molar-refractivity contribution in [1.82, 2.24) is 20.5 Å². The van der Waals surface area contributed by atoms with E-state index in [1.807, 2.05) is 45.0 Å². The molecular formula is C16H23N5O2. The number of hydrogen-bond donors (Lipinski definition) is 3. The first kappa shape index (κ1) is 17.0. The van der Waals surface area contributed by atoms with Crippen molar-refractivity contribution in [3.05, 3.63) is 30.1 Å². The van der Waals surface area contributed by atoms with Crippen LogP contribution >= 0.6 is 0 Å². The van der Waals surface area contributed by atoms with E-state index in [9.17, 15) is 4.79 Å². The summed E-state index contributed by atoms with van der Waals surface area (Å²) in [4.78, 5) is 16.4. The fraction of sp³-hybridized carbons (Fsp3) is 0.438. The summed E-state index contributed by atoms with van der Waals surface area (Å²) in [7, 11) is 1.62. The fourth-order valence-electron chi connectivity index (χ4n) is 1.92. The maximum Gasteiger partial charge on any atom is 0.237 e. The molecule has 0 aliphatic carbocycles. The molecule has 2 rings (SSSR count). The lowest BCUT2D eigenvalue weighted by atomic mass is 9.87.